The second-order valence-electron chi connectivity index (χ2n) is 7.19. The number of carbonyl (C=O) groups is 2. The Morgan fingerprint density at radius 1 is 1.29 bits per heavy atom. The average molecular weight is 425 g/mol. The molecule has 3 aromatic heterocycles. The van der Waals surface area contributed by atoms with Gasteiger partial charge in [-0.1, -0.05) is 0 Å². The SMILES string of the molecule is Cn1ncc2c(-c3cnccc3C(=O)NCC(=O)N3CC(F)(F)C[C@H]3C#N)ccnc21. The van der Waals surface area contributed by atoms with Crippen molar-refractivity contribution in [3.8, 4) is 17.2 Å². The Labute approximate surface area is 175 Å². The molecule has 1 fully saturated rings. The van der Waals surface area contributed by atoms with Gasteiger partial charge < -0.3 is 10.2 Å². The van der Waals surface area contributed by atoms with E-state index in [0.29, 0.717) is 16.8 Å². The van der Waals surface area contributed by atoms with Crippen LogP contribution in [0.1, 0.15) is 16.8 Å². The number of rotatable bonds is 4. The summed E-state index contributed by atoms with van der Waals surface area (Å²) in [5.74, 6) is -4.43. The van der Waals surface area contributed by atoms with Crippen LogP contribution in [0.5, 0.6) is 0 Å². The lowest BCUT2D eigenvalue weighted by atomic mass is 10.0. The first-order valence-electron chi connectivity index (χ1n) is 9.37. The molecule has 1 atom stereocenters. The van der Waals surface area contributed by atoms with Crippen molar-refractivity contribution in [3.63, 3.8) is 0 Å². The van der Waals surface area contributed by atoms with Crippen LogP contribution in [0.15, 0.2) is 36.9 Å². The van der Waals surface area contributed by atoms with Gasteiger partial charge in [-0.15, -0.1) is 0 Å². The van der Waals surface area contributed by atoms with Crippen molar-refractivity contribution in [2.75, 3.05) is 13.1 Å². The van der Waals surface area contributed by atoms with Gasteiger partial charge >= 0.3 is 0 Å². The lowest BCUT2D eigenvalue weighted by molar-refractivity contribution is -0.131. The standard InChI is InChI=1S/C20H17F2N7O2/c1-28-18-16(9-27-28)13(3-5-25-18)15-8-24-4-2-14(15)19(31)26-10-17(30)29-11-20(21,22)6-12(29)7-23/h2-5,8-9,12H,6,10-11H2,1H3,(H,26,31)/t12-/m0/s1. The Kier molecular flexibility index (Phi) is 5.06. The Morgan fingerprint density at radius 2 is 2.10 bits per heavy atom. The van der Waals surface area contributed by atoms with Crippen LogP contribution >= 0.6 is 0 Å². The molecule has 158 valence electrons. The molecule has 2 amide bonds. The van der Waals surface area contributed by atoms with Gasteiger partial charge in [-0.2, -0.15) is 10.4 Å². The first-order valence-corrected chi connectivity index (χ1v) is 9.37. The predicted molar refractivity (Wildman–Crippen MR) is 105 cm³/mol. The van der Waals surface area contributed by atoms with Gasteiger partial charge in [-0.25, -0.2) is 13.8 Å². The summed E-state index contributed by atoms with van der Waals surface area (Å²) < 4.78 is 28.8. The average Bonchev–Trinajstić information content (AvgIpc) is 3.30. The first kappa shape index (κ1) is 20.3. The Balaban J connectivity index is 1.56. The normalized spacial score (nSPS) is 17.5. The van der Waals surface area contributed by atoms with Crippen LogP contribution in [0.25, 0.3) is 22.2 Å². The van der Waals surface area contributed by atoms with E-state index >= 15 is 0 Å². The number of carbonyl (C=O) groups excluding carboxylic acids is 2. The van der Waals surface area contributed by atoms with Crippen LogP contribution in [0, 0.1) is 11.3 Å². The highest BCUT2D eigenvalue weighted by Gasteiger charge is 2.47. The van der Waals surface area contributed by atoms with Crippen LogP contribution in [0.4, 0.5) is 8.78 Å². The summed E-state index contributed by atoms with van der Waals surface area (Å²) in [6.07, 6.45) is 5.47. The molecule has 11 heteroatoms. The molecule has 9 nitrogen and oxygen atoms in total. The summed E-state index contributed by atoms with van der Waals surface area (Å²) in [5, 5.41) is 16.4. The summed E-state index contributed by atoms with van der Waals surface area (Å²) in [6, 6.07) is 3.72. The Hall–Kier alpha value is -3.94. The van der Waals surface area contributed by atoms with Gasteiger partial charge in [0.05, 0.1) is 30.9 Å². The number of fused-ring (bicyclic) bond motifs is 1. The fourth-order valence-corrected chi connectivity index (χ4v) is 3.64. The summed E-state index contributed by atoms with van der Waals surface area (Å²) in [4.78, 5) is 34.4. The van der Waals surface area contributed by atoms with Gasteiger partial charge in [-0.3, -0.25) is 19.3 Å². The van der Waals surface area contributed by atoms with Crippen molar-refractivity contribution in [1.82, 2.24) is 30.0 Å². The van der Waals surface area contributed by atoms with Crippen molar-refractivity contribution in [2.24, 2.45) is 7.05 Å². The maximum Gasteiger partial charge on any atom is 0.268 e. The van der Waals surface area contributed by atoms with Crippen LogP contribution in [0.3, 0.4) is 0 Å². The zero-order valence-electron chi connectivity index (χ0n) is 16.4. The third-order valence-corrected chi connectivity index (χ3v) is 5.13. The van der Waals surface area contributed by atoms with Gasteiger partial charge in [0.2, 0.25) is 5.91 Å². The number of amides is 2. The van der Waals surface area contributed by atoms with E-state index in [9.17, 15) is 18.4 Å². The maximum atomic E-state index is 13.6. The van der Waals surface area contributed by atoms with Gasteiger partial charge in [0, 0.05) is 43.0 Å². The topological polar surface area (TPSA) is 117 Å². The van der Waals surface area contributed by atoms with Crippen molar-refractivity contribution in [1.29, 1.82) is 5.26 Å². The summed E-state index contributed by atoms with van der Waals surface area (Å²) in [7, 11) is 1.75. The maximum absolute atomic E-state index is 13.6. The Bertz CT molecular complexity index is 1220. The van der Waals surface area contributed by atoms with Crippen molar-refractivity contribution in [2.45, 2.75) is 18.4 Å². The van der Waals surface area contributed by atoms with Gasteiger partial charge in [-0.05, 0) is 17.7 Å². The molecule has 0 bridgehead atoms. The second-order valence-corrected chi connectivity index (χ2v) is 7.19. The van der Waals surface area contributed by atoms with Crippen molar-refractivity contribution >= 4 is 22.8 Å². The molecule has 0 radical (unpaired) electrons. The van der Waals surface area contributed by atoms with E-state index < -0.39 is 43.3 Å². The molecular weight excluding hydrogens is 408 g/mol. The van der Waals surface area contributed by atoms with E-state index in [1.54, 1.807) is 36.3 Å². The molecule has 1 saturated heterocycles. The molecule has 1 aliphatic heterocycles. The van der Waals surface area contributed by atoms with E-state index in [2.05, 4.69) is 20.4 Å². The molecule has 0 aliphatic carbocycles. The largest absolute Gasteiger partial charge is 0.343 e. The van der Waals surface area contributed by atoms with E-state index in [4.69, 9.17) is 5.26 Å². The highest BCUT2D eigenvalue weighted by Crippen LogP contribution is 2.32. The van der Waals surface area contributed by atoms with Gasteiger partial charge in [0.1, 0.15) is 6.04 Å². The summed E-state index contributed by atoms with van der Waals surface area (Å²) >= 11 is 0. The van der Waals surface area contributed by atoms with E-state index in [-0.39, 0.29) is 5.56 Å². The smallest absolute Gasteiger partial charge is 0.268 e. The lowest BCUT2D eigenvalue weighted by Crippen LogP contribution is -2.43. The molecular formula is C20H17F2N7O2. The molecule has 4 heterocycles. The van der Waals surface area contributed by atoms with Crippen LogP contribution < -0.4 is 5.32 Å². The second kappa shape index (κ2) is 7.71. The van der Waals surface area contributed by atoms with Crippen LogP contribution in [-0.4, -0.2) is 61.5 Å². The number of alkyl halides is 2. The number of hydrogen-bond donors (Lipinski definition) is 1. The number of likely N-dealkylation sites (tertiary alicyclic amines) is 1. The zero-order chi connectivity index (χ0) is 22.2. The number of aryl methyl sites for hydroxylation is 1. The molecule has 0 saturated carbocycles. The third kappa shape index (κ3) is 3.79. The molecule has 31 heavy (non-hydrogen) atoms. The fraction of sp³-hybridized carbons (Fsp3) is 0.300. The molecule has 3 aromatic rings. The molecule has 4 rings (SSSR count). The number of hydrogen-bond acceptors (Lipinski definition) is 6. The number of aromatic nitrogens is 4. The van der Waals surface area contributed by atoms with Gasteiger partial charge in [0.25, 0.3) is 11.8 Å². The number of nitriles is 1. The zero-order valence-corrected chi connectivity index (χ0v) is 16.4. The number of pyridine rings is 2. The molecule has 0 spiro atoms. The van der Waals surface area contributed by atoms with Crippen molar-refractivity contribution in [3.05, 3.63) is 42.5 Å². The summed E-state index contributed by atoms with van der Waals surface area (Å²) in [5.41, 5.74) is 2.07. The minimum atomic E-state index is -3.12. The molecule has 0 aromatic carbocycles. The number of nitrogens with zero attached hydrogens (tertiary/aromatic N) is 6. The highest BCUT2D eigenvalue weighted by atomic mass is 19.3. The van der Waals surface area contributed by atoms with E-state index in [1.807, 2.05) is 0 Å². The first-order chi connectivity index (χ1) is 14.8. The Morgan fingerprint density at radius 3 is 2.87 bits per heavy atom. The monoisotopic (exact) mass is 425 g/mol. The minimum absolute atomic E-state index is 0.253. The van der Waals surface area contributed by atoms with E-state index in [0.717, 1.165) is 10.3 Å². The highest BCUT2D eigenvalue weighted by molar-refractivity contribution is 6.05. The number of nitrogens with one attached hydrogen (secondary N) is 1. The van der Waals surface area contributed by atoms with Crippen molar-refractivity contribution < 1.29 is 18.4 Å². The molecule has 1 aliphatic rings. The third-order valence-electron chi connectivity index (χ3n) is 5.13. The van der Waals surface area contributed by atoms with Crippen LogP contribution in [-0.2, 0) is 11.8 Å². The molecule has 1 N–H and O–H groups in total. The fourth-order valence-electron chi connectivity index (χ4n) is 3.64. The number of halogens is 2. The van der Waals surface area contributed by atoms with Gasteiger partial charge in [0.15, 0.2) is 5.65 Å². The lowest BCUT2D eigenvalue weighted by Gasteiger charge is -2.19. The van der Waals surface area contributed by atoms with E-state index in [1.165, 1.54) is 18.5 Å². The summed E-state index contributed by atoms with van der Waals surface area (Å²) in [6.45, 7) is -1.34. The molecule has 0 unspecified atom stereocenters. The predicted octanol–water partition coefficient (Wildman–Crippen LogP) is 1.52. The quantitative estimate of drug-likeness (QED) is 0.677. The minimum Gasteiger partial charge on any atom is -0.343 e. The van der Waals surface area contributed by atoms with Crippen LogP contribution in [0.2, 0.25) is 0 Å².